The molecule has 2 amide bonds. The maximum absolute atomic E-state index is 12.6. The van der Waals surface area contributed by atoms with E-state index in [2.05, 4.69) is 10.3 Å². The van der Waals surface area contributed by atoms with Crippen LogP contribution in [-0.4, -0.2) is 28.6 Å². The first-order valence-electron chi connectivity index (χ1n) is 7.92. The first-order valence-corrected chi connectivity index (χ1v) is 8.80. The van der Waals surface area contributed by atoms with E-state index in [-0.39, 0.29) is 23.6 Å². The molecule has 0 fully saturated rings. The molecular formula is C18H19N3O2S. The first kappa shape index (κ1) is 16.5. The summed E-state index contributed by atoms with van der Waals surface area (Å²) in [6.07, 6.45) is 2.43. The molecule has 3 rings (SSSR count). The second-order valence-corrected chi connectivity index (χ2v) is 6.75. The zero-order chi connectivity index (χ0) is 16.9. The van der Waals surface area contributed by atoms with E-state index in [0.717, 1.165) is 22.7 Å². The average molecular weight is 341 g/mol. The van der Waals surface area contributed by atoms with Gasteiger partial charge in [0.1, 0.15) is 6.54 Å². The van der Waals surface area contributed by atoms with Crippen molar-refractivity contribution in [3.8, 4) is 0 Å². The van der Waals surface area contributed by atoms with Crippen molar-refractivity contribution in [1.82, 2.24) is 10.3 Å². The van der Waals surface area contributed by atoms with Crippen molar-refractivity contribution in [3.05, 3.63) is 54.4 Å². The molecule has 2 aromatic rings. The first-order chi connectivity index (χ1) is 11.7. The fourth-order valence-corrected chi connectivity index (χ4v) is 3.75. The van der Waals surface area contributed by atoms with Crippen molar-refractivity contribution in [2.75, 3.05) is 11.4 Å². The Hall–Kier alpha value is -2.34. The number of carbonyl (C=O) groups is 2. The summed E-state index contributed by atoms with van der Waals surface area (Å²) in [5.74, 6) is -0.195. The molecule has 1 atom stereocenters. The van der Waals surface area contributed by atoms with Crippen LogP contribution in [0, 0.1) is 0 Å². The van der Waals surface area contributed by atoms with Gasteiger partial charge in [-0.1, -0.05) is 25.1 Å². The summed E-state index contributed by atoms with van der Waals surface area (Å²) in [5, 5.41) is 2.69. The van der Waals surface area contributed by atoms with Crippen LogP contribution in [0.4, 0.5) is 5.69 Å². The van der Waals surface area contributed by atoms with E-state index in [1.807, 2.05) is 49.4 Å². The standard InChI is InChI=1S/C18H19N3O2S/c1-2-15-18(23)21(14-8-3-4-9-16(14)24-15)12-17(22)20-11-13-7-5-6-10-19-13/h3-10,15H,2,11-12H2,1H3,(H,20,22). The summed E-state index contributed by atoms with van der Waals surface area (Å²) in [6, 6.07) is 13.3. The largest absolute Gasteiger partial charge is 0.349 e. The molecule has 24 heavy (non-hydrogen) atoms. The fourth-order valence-electron chi connectivity index (χ4n) is 2.59. The number of nitrogens with zero attached hydrogens (tertiary/aromatic N) is 2. The third-order valence-corrected chi connectivity index (χ3v) is 5.25. The van der Waals surface area contributed by atoms with Gasteiger partial charge < -0.3 is 10.2 Å². The van der Waals surface area contributed by atoms with Crippen LogP contribution in [0.3, 0.4) is 0 Å². The van der Waals surface area contributed by atoms with Gasteiger partial charge in [-0.15, -0.1) is 11.8 Å². The van der Waals surface area contributed by atoms with Crippen molar-refractivity contribution >= 4 is 29.3 Å². The number of benzene rings is 1. The molecule has 2 heterocycles. The third-order valence-electron chi connectivity index (χ3n) is 3.83. The lowest BCUT2D eigenvalue weighted by molar-refractivity contribution is -0.123. The Balaban J connectivity index is 1.70. The lowest BCUT2D eigenvalue weighted by atomic mass is 10.2. The SMILES string of the molecule is CCC1Sc2ccccc2N(CC(=O)NCc2ccccn2)C1=O. The average Bonchev–Trinajstić information content (AvgIpc) is 2.63. The fraction of sp³-hybridized carbons (Fsp3) is 0.278. The molecule has 0 spiro atoms. The molecule has 0 radical (unpaired) electrons. The van der Waals surface area contributed by atoms with E-state index in [9.17, 15) is 9.59 Å². The number of para-hydroxylation sites is 1. The van der Waals surface area contributed by atoms with Crippen LogP contribution in [-0.2, 0) is 16.1 Å². The van der Waals surface area contributed by atoms with Crippen LogP contribution in [0.25, 0.3) is 0 Å². The lowest BCUT2D eigenvalue weighted by Crippen LogP contribution is -2.46. The number of carbonyl (C=O) groups excluding carboxylic acids is 2. The maximum Gasteiger partial charge on any atom is 0.240 e. The Bertz CT molecular complexity index is 736. The molecule has 5 nitrogen and oxygen atoms in total. The number of fused-ring (bicyclic) bond motifs is 1. The molecule has 124 valence electrons. The van der Waals surface area contributed by atoms with Crippen LogP contribution >= 0.6 is 11.8 Å². The molecule has 6 heteroatoms. The lowest BCUT2D eigenvalue weighted by Gasteiger charge is -2.32. The number of hydrogen-bond acceptors (Lipinski definition) is 4. The number of pyridine rings is 1. The van der Waals surface area contributed by atoms with Crippen LogP contribution < -0.4 is 10.2 Å². The summed E-state index contributed by atoms with van der Waals surface area (Å²) in [7, 11) is 0. The highest BCUT2D eigenvalue weighted by atomic mass is 32.2. The predicted octanol–water partition coefficient (Wildman–Crippen LogP) is 2.62. The van der Waals surface area contributed by atoms with E-state index >= 15 is 0 Å². The van der Waals surface area contributed by atoms with Crippen molar-refractivity contribution in [3.63, 3.8) is 0 Å². The zero-order valence-corrected chi connectivity index (χ0v) is 14.3. The van der Waals surface area contributed by atoms with Gasteiger partial charge in [0.2, 0.25) is 11.8 Å². The van der Waals surface area contributed by atoms with Crippen LogP contribution in [0.15, 0.2) is 53.6 Å². The third kappa shape index (κ3) is 3.59. The van der Waals surface area contributed by atoms with Gasteiger partial charge in [-0.25, -0.2) is 0 Å². The number of anilines is 1. The number of hydrogen-bond donors (Lipinski definition) is 1. The Morgan fingerprint density at radius 1 is 1.25 bits per heavy atom. The summed E-state index contributed by atoms with van der Waals surface area (Å²) in [4.78, 5) is 31.7. The Kier molecular flexibility index (Phi) is 5.15. The molecule has 1 N–H and O–H groups in total. The van der Waals surface area contributed by atoms with Crippen molar-refractivity contribution < 1.29 is 9.59 Å². The van der Waals surface area contributed by atoms with Crippen molar-refractivity contribution in [2.24, 2.45) is 0 Å². The Morgan fingerprint density at radius 3 is 2.79 bits per heavy atom. The minimum atomic E-state index is -0.189. The number of rotatable bonds is 5. The smallest absolute Gasteiger partial charge is 0.240 e. The minimum absolute atomic E-state index is 0.00538. The van der Waals surface area contributed by atoms with Gasteiger partial charge in [-0.05, 0) is 30.7 Å². The second kappa shape index (κ2) is 7.49. The Labute approximate surface area is 145 Å². The van der Waals surface area contributed by atoms with Crippen molar-refractivity contribution in [1.29, 1.82) is 0 Å². The van der Waals surface area contributed by atoms with E-state index < -0.39 is 0 Å². The zero-order valence-electron chi connectivity index (χ0n) is 13.4. The summed E-state index contributed by atoms with van der Waals surface area (Å²) < 4.78 is 0. The molecule has 1 aromatic heterocycles. The molecular weight excluding hydrogens is 322 g/mol. The number of thioether (sulfide) groups is 1. The molecule has 1 unspecified atom stereocenters. The summed E-state index contributed by atoms with van der Waals surface area (Å²) in [6.45, 7) is 2.37. The van der Waals surface area contributed by atoms with E-state index in [1.165, 1.54) is 0 Å². The van der Waals surface area contributed by atoms with Gasteiger partial charge in [-0.3, -0.25) is 14.6 Å². The van der Waals surface area contributed by atoms with Gasteiger partial charge >= 0.3 is 0 Å². The molecule has 0 aliphatic carbocycles. The van der Waals surface area contributed by atoms with Gasteiger partial charge in [0.05, 0.1) is 23.2 Å². The normalized spacial score (nSPS) is 16.6. The minimum Gasteiger partial charge on any atom is -0.349 e. The quantitative estimate of drug-likeness (QED) is 0.908. The van der Waals surface area contributed by atoms with Gasteiger partial charge in [0.25, 0.3) is 0 Å². The molecule has 1 aliphatic heterocycles. The Morgan fingerprint density at radius 2 is 2.04 bits per heavy atom. The van der Waals surface area contributed by atoms with E-state index in [1.54, 1.807) is 22.9 Å². The molecule has 0 saturated carbocycles. The summed E-state index contributed by atoms with van der Waals surface area (Å²) >= 11 is 1.57. The molecule has 0 bridgehead atoms. The maximum atomic E-state index is 12.6. The van der Waals surface area contributed by atoms with Gasteiger partial charge in [0.15, 0.2) is 0 Å². The monoisotopic (exact) mass is 341 g/mol. The van der Waals surface area contributed by atoms with Crippen LogP contribution in [0.5, 0.6) is 0 Å². The van der Waals surface area contributed by atoms with Crippen LogP contribution in [0.2, 0.25) is 0 Å². The highest BCUT2D eigenvalue weighted by Crippen LogP contribution is 2.39. The van der Waals surface area contributed by atoms with Crippen molar-refractivity contribution in [2.45, 2.75) is 30.0 Å². The molecule has 1 aliphatic rings. The van der Waals surface area contributed by atoms with E-state index in [0.29, 0.717) is 6.54 Å². The number of nitrogens with one attached hydrogen (secondary N) is 1. The highest BCUT2D eigenvalue weighted by molar-refractivity contribution is 8.01. The van der Waals surface area contributed by atoms with E-state index in [4.69, 9.17) is 0 Å². The molecule has 1 aromatic carbocycles. The molecule has 0 saturated heterocycles. The highest BCUT2D eigenvalue weighted by Gasteiger charge is 2.33. The second-order valence-electron chi connectivity index (χ2n) is 5.50. The van der Waals surface area contributed by atoms with Crippen LogP contribution in [0.1, 0.15) is 19.0 Å². The summed E-state index contributed by atoms with van der Waals surface area (Å²) in [5.41, 5.74) is 1.60. The predicted molar refractivity (Wildman–Crippen MR) is 94.8 cm³/mol. The topological polar surface area (TPSA) is 62.3 Å². The van der Waals surface area contributed by atoms with Gasteiger partial charge in [-0.2, -0.15) is 0 Å². The number of amides is 2. The van der Waals surface area contributed by atoms with Gasteiger partial charge in [0, 0.05) is 11.1 Å². The number of aromatic nitrogens is 1.